The quantitative estimate of drug-likeness (QED) is 0.464. The first kappa shape index (κ1) is 24.5. The van der Waals surface area contributed by atoms with Gasteiger partial charge in [0.2, 0.25) is 0 Å². The summed E-state index contributed by atoms with van der Waals surface area (Å²) in [5, 5.41) is 20.9. The number of hydrogen-bond acceptors (Lipinski definition) is 2. The van der Waals surface area contributed by atoms with Crippen molar-refractivity contribution in [3.8, 4) is 0 Å². The van der Waals surface area contributed by atoms with E-state index in [0.717, 1.165) is 38.0 Å². The number of rotatable bonds is 5. The van der Waals surface area contributed by atoms with Gasteiger partial charge in [0.15, 0.2) is 0 Å². The SMILES string of the molecule is C[C@H](CCCC(C)(C)O)[C@H]1CC[C@@]2(C)C3=CC[C@H]4C(C)(C)[C@@H](O)CC[C@]4(C)C3=CC[C@]12C. The maximum absolute atomic E-state index is 10.8. The Morgan fingerprint density at radius 1 is 1.03 bits per heavy atom. The summed E-state index contributed by atoms with van der Waals surface area (Å²) in [6, 6.07) is 0. The fraction of sp³-hybridized carbons (Fsp3) is 0.867. The van der Waals surface area contributed by atoms with Gasteiger partial charge in [0, 0.05) is 0 Å². The maximum atomic E-state index is 10.8. The Morgan fingerprint density at radius 2 is 1.72 bits per heavy atom. The van der Waals surface area contributed by atoms with Gasteiger partial charge in [0.25, 0.3) is 0 Å². The summed E-state index contributed by atoms with van der Waals surface area (Å²) in [5.74, 6) is 1.98. The second-order valence-corrected chi connectivity index (χ2v) is 14.1. The van der Waals surface area contributed by atoms with E-state index in [9.17, 15) is 10.2 Å². The molecule has 2 saturated carbocycles. The van der Waals surface area contributed by atoms with Crippen LogP contribution in [-0.2, 0) is 0 Å². The summed E-state index contributed by atoms with van der Waals surface area (Å²) in [7, 11) is 0. The number of aliphatic hydroxyl groups is 2. The molecule has 2 N–H and O–H groups in total. The molecule has 7 atom stereocenters. The zero-order valence-electron chi connectivity index (χ0n) is 22.2. The molecule has 4 aliphatic carbocycles. The van der Waals surface area contributed by atoms with Gasteiger partial charge >= 0.3 is 0 Å². The van der Waals surface area contributed by atoms with Crippen LogP contribution < -0.4 is 0 Å². The minimum atomic E-state index is -0.545. The molecule has 2 nitrogen and oxygen atoms in total. The monoisotopic (exact) mass is 442 g/mol. The van der Waals surface area contributed by atoms with Crippen LogP contribution in [0.1, 0.15) is 113 Å². The lowest BCUT2D eigenvalue weighted by atomic mass is 9.44. The molecule has 32 heavy (non-hydrogen) atoms. The zero-order valence-corrected chi connectivity index (χ0v) is 22.2. The number of allylic oxidation sites excluding steroid dienone is 4. The van der Waals surface area contributed by atoms with Crippen molar-refractivity contribution in [2.24, 2.45) is 39.4 Å². The molecule has 0 saturated heterocycles. The Labute approximate surface area is 198 Å². The van der Waals surface area contributed by atoms with Crippen molar-refractivity contribution in [1.29, 1.82) is 0 Å². The average molecular weight is 443 g/mol. The van der Waals surface area contributed by atoms with Crippen LogP contribution in [-0.4, -0.2) is 21.9 Å². The molecule has 182 valence electrons. The van der Waals surface area contributed by atoms with Gasteiger partial charge in [-0.05, 0) is 109 Å². The van der Waals surface area contributed by atoms with E-state index in [0.29, 0.717) is 17.3 Å². The van der Waals surface area contributed by atoms with Crippen molar-refractivity contribution in [2.45, 2.75) is 125 Å². The van der Waals surface area contributed by atoms with Gasteiger partial charge in [-0.3, -0.25) is 0 Å². The third kappa shape index (κ3) is 3.49. The van der Waals surface area contributed by atoms with Gasteiger partial charge in [-0.1, -0.05) is 66.5 Å². The highest BCUT2D eigenvalue weighted by molar-refractivity contribution is 5.49. The van der Waals surface area contributed by atoms with Crippen molar-refractivity contribution >= 4 is 0 Å². The number of hydrogen-bond donors (Lipinski definition) is 2. The smallest absolute Gasteiger partial charge is 0.0594 e. The van der Waals surface area contributed by atoms with Crippen LogP contribution in [0.4, 0.5) is 0 Å². The lowest BCUT2D eigenvalue weighted by molar-refractivity contribution is -0.0851. The molecular formula is C30H50O2. The van der Waals surface area contributed by atoms with Crippen molar-refractivity contribution in [3.05, 3.63) is 23.3 Å². The molecular weight excluding hydrogens is 392 g/mol. The molecule has 0 aromatic carbocycles. The van der Waals surface area contributed by atoms with Crippen LogP contribution in [0.15, 0.2) is 23.3 Å². The Kier molecular flexibility index (Phi) is 5.90. The molecule has 0 unspecified atom stereocenters. The van der Waals surface area contributed by atoms with Gasteiger partial charge in [-0.15, -0.1) is 0 Å². The lowest BCUT2D eigenvalue weighted by Crippen LogP contribution is -2.54. The summed E-state index contributed by atoms with van der Waals surface area (Å²) >= 11 is 0. The molecule has 0 amide bonds. The molecule has 0 aliphatic heterocycles. The van der Waals surface area contributed by atoms with E-state index in [-0.39, 0.29) is 22.3 Å². The molecule has 0 heterocycles. The molecule has 2 heteroatoms. The summed E-state index contributed by atoms with van der Waals surface area (Å²) in [4.78, 5) is 0. The number of fused-ring (bicyclic) bond motifs is 5. The van der Waals surface area contributed by atoms with Crippen molar-refractivity contribution in [3.63, 3.8) is 0 Å². The highest BCUT2D eigenvalue weighted by atomic mass is 16.3. The van der Waals surface area contributed by atoms with E-state index in [1.165, 1.54) is 25.7 Å². The van der Waals surface area contributed by atoms with E-state index in [2.05, 4.69) is 53.7 Å². The minimum absolute atomic E-state index is 0.0231. The Balaban J connectivity index is 1.61. The van der Waals surface area contributed by atoms with Crippen molar-refractivity contribution in [2.75, 3.05) is 0 Å². The second-order valence-electron chi connectivity index (χ2n) is 14.1. The zero-order chi connectivity index (χ0) is 23.7. The molecule has 0 spiro atoms. The molecule has 0 aromatic rings. The lowest BCUT2D eigenvalue weighted by Gasteiger charge is -2.61. The Hall–Kier alpha value is -0.600. The molecule has 0 radical (unpaired) electrons. The molecule has 4 rings (SSSR count). The van der Waals surface area contributed by atoms with Crippen molar-refractivity contribution < 1.29 is 10.2 Å². The summed E-state index contributed by atoms with van der Waals surface area (Å²) < 4.78 is 0. The molecule has 4 aliphatic rings. The molecule has 0 aromatic heterocycles. The fourth-order valence-electron chi connectivity index (χ4n) is 9.00. The first-order valence-corrected chi connectivity index (χ1v) is 13.5. The summed E-state index contributed by atoms with van der Waals surface area (Å²) in [6.45, 7) is 18.6. The largest absolute Gasteiger partial charge is 0.393 e. The topological polar surface area (TPSA) is 40.5 Å². The second kappa shape index (κ2) is 7.70. The fourth-order valence-corrected chi connectivity index (χ4v) is 9.00. The maximum Gasteiger partial charge on any atom is 0.0594 e. The third-order valence-electron chi connectivity index (χ3n) is 11.4. The van der Waals surface area contributed by atoms with E-state index in [1.54, 1.807) is 11.1 Å². The molecule has 0 bridgehead atoms. The van der Waals surface area contributed by atoms with Crippen LogP contribution in [0, 0.1) is 39.4 Å². The highest BCUT2D eigenvalue weighted by Gasteiger charge is 2.62. The van der Waals surface area contributed by atoms with E-state index in [4.69, 9.17) is 0 Å². The van der Waals surface area contributed by atoms with Gasteiger partial charge in [0.1, 0.15) is 0 Å². The van der Waals surface area contributed by atoms with E-state index < -0.39 is 5.60 Å². The van der Waals surface area contributed by atoms with E-state index in [1.807, 2.05) is 13.8 Å². The van der Waals surface area contributed by atoms with Gasteiger partial charge in [0.05, 0.1) is 11.7 Å². The standard InChI is InChI=1S/C30H50O2/c1-20(10-9-16-26(2,3)32)21-13-18-30(8)23-11-12-24-27(4,5)25(31)15-17-28(24,6)22(23)14-19-29(21,30)7/h11,14,20-21,24-25,31-32H,9-10,12-13,15-19H2,1-8H3/t20-,21-,24+,25+,28-,29-,30+/m1/s1. The first-order valence-electron chi connectivity index (χ1n) is 13.5. The van der Waals surface area contributed by atoms with Gasteiger partial charge < -0.3 is 10.2 Å². The minimum Gasteiger partial charge on any atom is -0.393 e. The van der Waals surface area contributed by atoms with Gasteiger partial charge in [-0.2, -0.15) is 0 Å². The van der Waals surface area contributed by atoms with Crippen LogP contribution in [0.5, 0.6) is 0 Å². The van der Waals surface area contributed by atoms with Crippen LogP contribution in [0.25, 0.3) is 0 Å². The van der Waals surface area contributed by atoms with Crippen LogP contribution in [0.2, 0.25) is 0 Å². The first-order chi connectivity index (χ1) is 14.7. The van der Waals surface area contributed by atoms with Crippen LogP contribution >= 0.6 is 0 Å². The van der Waals surface area contributed by atoms with Crippen molar-refractivity contribution in [1.82, 2.24) is 0 Å². The molecule has 2 fully saturated rings. The normalized spacial score (nSPS) is 44.1. The predicted molar refractivity (Wildman–Crippen MR) is 134 cm³/mol. The predicted octanol–water partition coefficient (Wildman–Crippen LogP) is 7.45. The van der Waals surface area contributed by atoms with Crippen LogP contribution in [0.3, 0.4) is 0 Å². The Bertz CT molecular complexity index is 798. The third-order valence-corrected chi connectivity index (χ3v) is 11.4. The van der Waals surface area contributed by atoms with Gasteiger partial charge in [-0.25, -0.2) is 0 Å². The summed E-state index contributed by atoms with van der Waals surface area (Å²) in [5.41, 5.74) is 3.53. The average Bonchev–Trinajstić information content (AvgIpc) is 2.96. The highest BCUT2D eigenvalue weighted by Crippen LogP contribution is 2.71. The van der Waals surface area contributed by atoms with E-state index >= 15 is 0 Å². The number of aliphatic hydroxyl groups excluding tert-OH is 1. The Morgan fingerprint density at radius 3 is 2.38 bits per heavy atom. The summed E-state index contributed by atoms with van der Waals surface area (Å²) in [6.07, 6.45) is 15.3.